The molecule has 1 aliphatic rings. The summed E-state index contributed by atoms with van der Waals surface area (Å²) in [5, 5.41) is 0. The van der Waals surface area contributed by atoms with Crippen LogP contribution in [0.3, 0.4) is 0 Å². The third-order valence-corrected chi connectivity index (χ3v) is 2.96. The molecule has 1 heterocycles. The minimum absolute atomic E-state index is 0.236. The molecule has 16 heavy (non-hydrogen) atoms. The van der Waals surface area contributed by atoms with Gasteiger partial charge in [0.1, 0.15) is 17.3 Å². The SMILES string of the molecule is N[C@H]1C[C@@H]1c1ccc(-c2ccc(F)cc2)o1. The molecule has 1 fully saturated rings. The molecule has 2 nitrogen and oxygen atoms in total. The highest BCUT2D eigenvalue weighted by molar-refractivity contribution is 5.57. The number of halogens is 1. The van der Waals surface area contributed by atoms with Crippen molar-refractivity contribution in [3.8, 4) is 11.3 Å². The highest BCUT2D eigenvalue weighted by Gasteiger charge is 2.37. The molecule has 2 atom stereocenters. The summed E-state index contributed by atoms with van der Waals surface area (Å²) < 4.78 is 18.5. The number of nitrogens with two attached hydrogens (primary N) is 1. The Labute approximate surface area is 92.9 Å². The van der Waals surface area contributed by atoms with E-state index in [1.165, 1.54) is 12.1 Å². The van der Waals surface area contributed by atoms with E-state index in [0.29, 0.717) is 5.92 Å². The van der Waals surface area contributed by atoms with E-state index in [-0.39, 0.29) is 11.9 Å². The number of furan rings is 1. The molecular weight excluding hydrogens is 205 g/mol. The first-order chi connectivity index (χ1) is 7.74. The molecule has 3 heteroatoms. The first-order valence-corrected chi connectivity index (χ1v) is 5.35. The molecule has 82 valence electrons. The van der Waals surface area contributed by atoms with Gasteiger partial charge < -0.3 is 10.2 Å². The first kappa shape index (κ1) is 9.60. The highest BCUT2D eigenvalue weighted by atomic mass is 19.1. The molecule has 0 radical (unpaired) electrons. The van der Waals surface area contributed by atoms with Gasteiger partial charge in [0.25, 0.3) is 0 Å². The second-order valence-electron chi connectivity index (χ2n) is 4.21. The van der Waals surface area contributed by atoms with Gasteiger partial charge in [0.15, 0.2) is 0 Å². The summed E-state index contributed by atoms with van der Waals surface area (Å²) in [6.45, 7) is 0. The maximum Gasteiger partial charge on any atom is 0.134 e. The van der Waals surface area contributed by atoms with E-state index in [2.05, 4.69) is 0 Å². The van der Waals surface area contributed by atoms with Crippen molar-refractivity contribution in [2.24, 2.45) is 5.73 Å². The van der Waals surface area contributed by atoms with E-state index in [9.17, 15) is 4.39 Å². The Balaban J connectivity index is 1.89. The molecule has 0 unspecified atom stereocenters. The average molecular weight is 217 g/mol. The van der Waals surface area contributed by atoms with Gasteiger partial charge in [-0.1, -0.05) is 0 Å². The maximum absolute atomic E-state index is 12.7. The second-order valence-corrected chi connectivity index (χ2v) is 4.21. The van der Waals surface area contributed by atoms with Gasteiger partial charge in [-0.05, 0) is 42.8 Å². The zero-order valence-corrected chi connectivity index (χ0v) is 8.69. The summed E-state index contributed by atoms with van der Waals surface area (Å²) in [6.07, 6.45) is 0.996. The molecule has 2 aromatic rings. The smallest absolute Gasteiger partial charge is 0.134 e. The highest BCUT2D eigenvalue weighted by Crippen LogP contribution is 2.40. The molecule has 0 saturated heterocycles. The number of hydrogen-bond donors (Lipinski definition) is 1. The van der Waals surface area contributed by atoms with E-state index in [1.807, 2.05) is 12.1 Å². The largest absolute Gasteiger partial charge is 0.461 e. The Morgan fingerprint density at radius 1 is 1.12 bits per heavy atom. The van der Waals surface area contributed by atoms with Gasteiger partial charge in [0.2, 0.25) is 0 Å². The fraction of sp³-hybridized carbons (Fsp3) is 0.231. The lowest BCUT2D eigenvalue weighted by molar-refractivity contribution is 0.522. The van der Waals surface area contributed by atoms with E-state index in [0.717, 1.165) is 23.5 Å². The molecular formula is C13H12FNO. The predicted molar refractivity (Wildman–Crippen MR) is 59.4 cm³/mol. The topological polar surface area (TPSA) is 39.2 Å². The van der Waals surface area contributed by atoms with Crippen LogP contribution >= 0.6 is 0 Å². The Morgan fingerprint density at radius 3 is 2.44 bits per heavy atom. The van der Waals surface area contributed by atoms with Crippen molar-refractivity contribution in [3.05, 3.63) is 48.0 Å². The molecule has 1 saturated carbocycles. The molecule has 0 bridgehead atoms. The molecule has 0 aliphatic heterocycles. The molecule has 3 rings (SSSR count). The maximum atomic E-state index is 12.7. The van der Waals surface area contributed by atoms with Crippen LogP contribution in [0.4, 0.5) is 4.39 Å². The van der Waals surface area contributed by atoms with Gasteiger partial charge >= 0.3 is 0 Å². The third-order valence-electron chi connectivity index (χ3n) is 2.96. The van der Waals surface area contributed by atoms with Gasteiger partial charge in [-0.3, -0.25) is 0 Å². The number of rotatable bonds is 2. The third kappa shape index (κ3) is 1.63. The van der Waals surface area contributed by atoms with Crippen LogP contribution in [0.2, 0.25) is 0 Å². The fourth-order valence-corrected chi connectivity index (χ4v) is 1.86. The summed E-state index contributed by atoms with van der Waals surface area (Å²) in [6, 6.07) is 10.4. The van der Waals surface area contributed by atoms with Crippen LogP contribution in [0, 0.1) is 5.82 Å². The van der Waals surface area contributed by atoms with E-state index >= 15 is 0 Å². The molecule has 2 N–H and O–H groups in total. The van der Waals surface area contributed by atoms with Gasteiger partial charge in [-0.2, -0.15) is 0 Å². The van der Waals surface area contributed by atoms with Crippen LogP contribution in [0.15, 0.2) is 40.8 Å². The van der Waals surface area contributed by atoms with Crippen molar-refractivity contribution in [2.75, 3.05) is 0 Å². The van der Waals surface area contributed by atoms with E-state index < -0.39 is 0 Å². The number of hydrogen-bond acceptors (Lipinski definition) is 2. The van der Waals surface area contributed by atoms with Crippen LogP contribution in [-0.2, 0) is 0 Å². The van der Waals surface area contributed by atoms with E-state index in [1.54, 1.807) is 12.1 Å². The van der Waals surface area contributed by atoms with Gasteiger partial charge in [-0.25, -0.2) is 4.39 Å². The minimum atomic E-state index is -0.236. The van der Waals surface area contributed by atoms with Gasteiger partial charge in [0, 0.05) is 17.5 Å². The molecule has 1 aromatic carbocycles. The molecule has 1 aliphatic carbocycles. The van der Waals surface area contributed by atoms with Crippen molar-refractivity contribution in [1.82, 2.24) is 0 Å². The van der Waals surface area contributed by atoms with Crippen LogP contribution in [0.5, 0.6) is 0 Å². The van der Waals surface area contributed by atoms with Gasteiger partial charge in [-0.15, -0.1) is 0 Å². The lowest BCUT2D eigenvalue weighted by Crippen LogP contribution is -2.00. The zero-order chi connectivity index (χ0) is 11.1. The Kier molecular flexibility index (Phi) is 2.07. The summed E-state index contributed by atoms with van der Waals surface area (Å²) in [5.74, 6) is 1.84. The van der Waals surface area contributed by atoms with Crippen molar-refractivity contribution in [3.63, 3.8) is 0 Å². The van der Waals surface area contributed by atoms with Crippen LogP contribution in [0.1, 0.15) is 18.1 Å². The lowest BCUT2D eigenvalue weighted by atomic mass is 10.2. The predicted octanol–water partition coefficient (Wildman–Crippen LogP) is 2.90. The van der Waals surface area contributed by atoms with Crippen molar-refractivity contribution < 1.29 is 8.81 Å². The molecule has 1 aromatic heterocycles. The summed E-state index contributed by atoms with van der Waals surface area (Å²) in [7, 11) is 0. The quantitative estimate of drug-likeness (QED) is 0.840. The number of benzene rings is 1. The normalized spacial score (nSPS) is 23.4. The Morgan fingerprint density at radius 2 is 1.81 bits per heavy atom. The monoisotopic (exact) mass is 217 g/mol. The average Bonchev–Trinajstić information content (AvgIpc) is 2.82. The fourth-order valence-electron chi connectivity index (χ4n) is 1.86. The van der Waals surface area contributed by atoms with Gasteiger partial charge in [0.05, 0.1) is 0 Å². The molecule has 0 amide bonds. The molecule has 0 spiro atoms. The standard InChI is InChI=1S/C13H12FNO/c14-9-3-1-8(2-4-9)12-5-6-13(16-12)10-7-11(10)15/h1-6,10-11H,7,15H2/t10-,11-/m0/s1. The Bertz CT molecular complexity index is 503. The van der Waals surface area contributed by atoms with Crippen molar-refractivity contribution in [1.29, 1.82) is 0 Å². The lowest BCUT2D eigenvalue weighted by Gasteiger charge is -1.96. The van der Waals surface area contributed by atoms with Crippen LogP contribution in [0.25, 0.3) is 11.3 Å². The van der Waals surface area contributed by atoms with Crippen LogP contribution in [-0.4, -0.2) is 6.04 Å². The summed E-state index contributed by atoms with van der Waals surface area (Å²) >= 11 is 0. The Hall–Kier alpha value is -1.61. The van der Waals surface area contributed by atoms with Crippen LogP contribution < -0.4 is 5.73 Å². The first-order valence-electron chi connectivity index (χ1n) is 5.35. The summed E-state index contributed by atoms with van der Waals surface area (Å²) in [4.78, 5) is 0. The van der Waals surface area contributed by atoms with Crippen molar-refractivity contribution >= 4 is 0 Å². The summed E-state index contributed by atoms with van der Waals surface area (Å²) in [5.41, 5.74) is 6.65. The minimum Gasteiger partial charge on any atom is -0.461 e. The van der Waals surface area contributed by atoms with Crippen molar-refractivity contribution in [2.45, 2.75) is 18.4 Å². The second kappa shape index (κ2) is 3.46. The van der Waals surface area contributed by atoms with E-state index in [4.69, 9.17) is 10.2 Å². The zero-order valence-electron chi connectivity index (χ0n) is 8.69.